The molecule has 2 unspecified atom stereocenters. The van der Waals surface area contributed by atoms with Crippen molar-refractivity contribution < 1.29 is 23.0 Å². The molecule has 0 radical (unpaired) electrons. The van der Waals surface area contributed by atoms with E-state index in [9.17, 15) is 18.3 Å². The van der Waals surface area contributed by atoms with Crippen molar-refractivity contribution in [1.29, 1.82) is 0 Å². The van der Waals surface area contributed by atoms with E-state index in [0.717, 1.165) is 6.07 Å². The Morgan fingerprint density at radius 1 is 1.40 bits per heavy atom. The lowest BCUT2D eigenvalue weighted by Gasteiger charge is -2.19. The van der Waals surface area contributed by atoms with Gasteiger partial charge in [0.05, 0.1) is 17.0 Å². The highest BCUT2D eigenvalue weighted by Crippen LogP contribution is 2.34. The molecule has 114 valence electrons. The van der Waals surface area contributed by atoms with E-state index in [1.165, 1.54) is 12.1 Å². The van der Waals surface area contributed by atoms with Crippen LogP contribution in [0.25, 0.3) is 0 Å². The van der Waals surface area contributed by atoms with Gasteiger partial charge in [0.2, 0.25) is 0 Å². The van der Waals surface area contributed by atoms with Gasteiger partial charge >= 0.3 is 6.11 Å². The Kier molecular flexibility index (Phi) is 6.51. The van der Waals surface area contributed by atoms with Crippen LogP contribution in [0, 0.1) is 0 Å². The topological polar surface area (TPSA) is 41.5 Å². The first-order valence-electron chi connectivity index (χ1n) is 5.38. The molecular weight excluding hydrogens is 341 g/mol. The smallest absolute Gasteiger partial charge is 0.428 e. The van der Waals surface area contributed by atoms with Crippen LogP contribution >= 0.6 is 34.8 Å². The van der Waals surface area contributed by atoms with Crippen molar-refractivity contribution in [2.24, 2.45) is 0 Å². The number of ether oxygens (including phenoxy) is 1. The van der Waals surface area contributed by atoms with Crippen molar-refractivity contribution in [3.63, 3.8) is 0 Å². The van der Waals surface area contributed by atoms with E-state index >= 15 is 0 Å². The standard InChI is InChI=1S/C11H11Cl3F3NO2/c12-4-7(19)5-18-6-1-2-8(13)9(3-6)20-11(16,17)10(14)15/h1-3,7,10,18-19H,4-5H2. The Hall–Kier alpha value is -0.560. The fourth-order valence-electron chi connectivity index (χ4n) is 1.17. The zero-order chi connectivity index (χ0) is 15.3. The molecule has 0 amide bonds. The Balaban J connectivity index is 2.81. The number of rotatable bonds is 7. The summed E-state index contributed by atoms with van der Waals surface area (Å²) >= 11 is 15.8. The Morgan fingerprint density at radius 2 is 2.05 bits per heavy atom. The maximum Gasteiger partial charge on any atom is 0.444 e. The highest BCUT2D eigenvalue weighted by Gasteiger charge is 2.42. The molecule has 0 spiro atoms. The molecule has 2 atom stereocenters. The van der Waals surface area contributed by atoms with E-state index < -0.39 is 23.6 Å². The van der Waals surface area contributed by atoms with Crippen LogP contribution in [0.5, 0.6) is 5.75 Å². The average molecular weight is 353 g/mol. The van der Waals surface area contributed by atoms with Crippen molar-refractivity contribution in [1.82, 2.24) is 0 Å². The lowest BCUT2D eigenvalue weighted by Crippen LogP contribution is -2.32. The summed E-state index contributed by atoms with van der Waals surface area (Å²) in [4.78, 5) is 0. The van der Waals surface area contributed by atoms with Crippen LogP contribution in [0.4, 0.5) is 18.9 Å². The lowest BCUT2D eigenvalue weighted by molar-refractivity contribution is -0.198. The van der Waals surface area contributed by atoms with Crippen molar-refractivity contribution in [3.05, 3.63) is 23.2 Å². The van der Waals surface area contributed by atoms with Gasteiger partial charge in [-0.2, -0.15) is 8.78 Å². The van der Waals surface area contributed by atoms with Gasteiger partial charge in [-0.15, -0.1) is 11.6 Å². The van der Waals surface area contributed by atoms with Gasteiger partial charge in [-0.05, 0) is 12.1 Å². The van der Waals surface area contributed by atoms with Gasteiger partial charge in [0.15, 0.2) is 0 Å². The van der Waals surface area contributed by atoms with Crippen LogP contribution in [-0.4, -0.2) is 35.4 Å². The SMILES string of the molecule is OC(CCl)CNc1ccc(Cl)c(OC(F)(F)C(F)Cl)c1. The number of hydrogen-bond donors (Lipinski definition) is 2. The maximum atomic E-state index is 13.0. The molecule has 0 aliphatic rings. The highest BCUT2D eigenvalue weighted by molar-refractivity contribution is 6.32. The molecule has 2 N–H and O–H groups in total. The predicted molar refractivity (Wildman–Crippen MR) is 73.0 cm³/mol. The average Bonchev–Trinajstić information content (AvgIpc) is 2.38. The van der Waals surface area contributed by atoms with E-state index in [2.05, 4.69) is 21.7 Å². The summed E-state index contributed by atoms with van der Waals surface area (Å²) < 4.78 is 42.7. The van der Waals surface area contributed by atoms with Crippen LogP contribution in [0.1, 0.15) is 0 Å². The first-order chi connectivity index (χ1) is 9.26. The third-order valence-corrected chi connectivity index (χ3v) is 3.07. The van der Waals surface area contributed by atoms with Crippen LogP contribution in [0.15, 0.2) is 18.2 Å². The number of halogens is 6. The summed E-state index contributed by atoms with van der Waals surface area (Å²) in [6.07, 6.45) is -5.02. The minimum atomic E-state index is -4.21. The van der Waals surface area contributed by atoms with Crippen molar-refractivity contribution in [2.75, 3.05) is 17.7 Å². The monoisotopic (exact) mass is 351 g/mol. The van der Waals surface area contributed by atoms with Crippen LogP contribution < -0.4 is 10.1 Å². The Labute approximate surface area is 128 Å². The summed E-state index contributed by atoms with van der Waals surface area (Å²) in [6, 6.07) is 3.89. The van der Waals surface area contributed by atoms with Gasteiger partial charge in [0.1, 0.15) is 5.75 Å². The van der Waals surface area contributed by atoms with Gasteiger partial charge in [-0.25, -0.2) is 4.39 Å². The van der Waals surface area contributed by atoms with Crippen LogP contribution in [0.3, 0.4) is 0 Å². The zero-order valence-corrected chi connectivity index (χ0v) is 12.2. The first-order valence-corrected chi connectivity index (χ1v) is 6.73. The molecule has 1 rings (SSSR count). The minimum Gasteiger partial charge on any atom is -0.428 e. The minimum absolute atomic E-state index is 0.0117. The molecule has 9 heteroatoms. The normalized spacial score (nSPS) is 14.8. The molecule has 0 aliphatic heterocycles. The fraction of sp³-hybridized carbons (Fsp3) is 0.455. The second-order valence-electron chi connectivity index (χ2n) is 3.80. The number of nitrogens with one attached hydrogen (secondary N) is 1. The maximum absolute atomic E-state index is 13.0. The van der Waals surface area contributed by atoms with Gasteiger partial charge in [-0.1, -0.05) is 23.2 Å². The highest BCUT2D eigenvalue weighted by atomic mass is 35.5. The molecular formula is C11H11Cl3F3NO2. The summed E-state index contributed by atoms with van der Waals surface area (Å²) in [5, 5.41) is 11.9. The Bertz CT molecular complexity index is 449. The van der Waals surface area contributed by atoms with Crippen LogP contribution in [0.2, 0.25) is 5.02 Å². The van der Waals surface area contributed by atoms with E-state index in [0.29, 0.717) is 5.69 Å². The molecule has 0 bridgehead atoms. The third-order valence-electron chi connectivity index (χ3n) is 2.15. The largest absolute Gasteiger partial charge is 0.444 e. The van der Waals surface area contributed by atoms with E-state index in [1.54, 1.807) is 0 Å². The quantitative estimate of drug-likeness (QED) is 0.732. The number of benzene rings is 1. The second kappa shape index (κ2) is 7.45. The van der Waals surface area contributed by atoms with Gasteiger partial charge in [-0.3, -0.25) is 0 Å². The third kappa shape index (κ3) is 5.09. The number of aliphatic hydroxyl groups is 1. The summed E-state index contributed by atoms with van der Waals surface area (Å²) in [6.45, 7) is 0.0994. The zero-order valence-electron chi connectivity index (χ0n) is 9.92. The molecule has 3 nitrogen and oxygen atoms in total. The molecule has 0 aliphatic carbocycles. The van der Waals surface area contributed by atoms with Crippen molar-refractivity contribution >= 4 is 40.5 Å². The molecule has 0 aromatic heterocycles. The van der Waals surface area contributed by atoms with E-state index in [-0.39, 0.29) is 17.4 Å². The summed E-state index contributed by atoms with van der Waals surface area (Å²) in [5.74, 6) is -0.428. The number of alkyl halides is 5. The molecule has 1 aromatic rings. The predicted octanol–water partition coefficient (Wildman–Crippen LogP) is 3.86. The summed E-state index contributed by atoms with van der Waals surface area (Å²) in [5.41, 5.74) is -2.66. The number of hydrogen-bond acceptors (Lipinski definition) is 3. The lowest BCUT2D eigenvalue weighted by atomic mass is 10.3. The van der Waals surface area contributed by atoms with Crippen molar-refractivity contribution in [3.8, 4) is 5.75 Å². The van der Waals surface area contributed by atoms with E-state index in [1.807, 2.05) is 0 Å². The van der Waals surface area contributed by atoms with Crippen LogP contribution in [-0.2, 0) is 0 Å². The molecule has 0 saturated heterocycles. The Morgan fingerprint density at radius 3 is 2.60 bits per heavy atom. The number of aliphatic hydroxyl groups excluding tert-OH is 1. The first kappa shape index (κ1) is 17.5. The van der Waals surface area contributed by atoms with Gasteiger partial charge in [0.25, 0.3) is 5.63 Å². The summed E-state index contributed by atoms with van der Waals surface area (Å²) in [7, 11) is 0. The molecule has 0 saturated carbocycles. The van der Waals surface area contributed by atoms with E-state index in [4.69, 9.17) is 23.2 Å². The fourth-order valence-corrected chi connectivity index (χ4v) is 1.48. The van der Waals surface area contributed by atoms with Gasteiger partial charge in [0, 0.05) is 18.3 Å². The molecule has 1 aromatic carbocycles. The second-order valence-corrected chi connectivity index (χ2v) is 4.90. The molecule has 0 fully saturated rings. The van der Waals surface area contributed by atoms with Crippen molar-refractivity contribution in [2.45, 2.75) is 17.8 Å². The molecule has 0 heterocycles. The number of anilines is 1. The van der Waals surface area contributed by atoms with Gasteiger partial charge < -0.3 is 15.2 Å². The molecule has 20 heavy (non-hydrogen) atoms.